The number of hydrogen-bond acceptors (Lipinski definition) is 8. The highest BCUT2D eigenvalue weighted by Crippen LogP contribution is 2.37. The monoisotopic (exact) mass is 776 g/mol. The Bertz CT molecular complexity index is 1910. The van der Waals surface area contributed by atoms with Crippen molar-refractivity contribution in [1.82, 2.24) is 15.4 Å². The highest BCUT2D eigenvalue weighted by atomic mass is 32.2. The van der Waals surface area contributed by atoms with Gasteiger partial charge in [0.05, 0.1) is 17.0 Å². The number of carbonyl (C=O) groups excluding carboxylic acids is 4. The molecule has 3 aromatic carbocycles. The summed E-state index contributed by atoms with van der Waals surface area (Å²) < 4.78 is 40.2. The Labute approximate surface area is 325 Å². The number of hydrogen-bond donors (Lipinski definition) is 4. The Balaban J connectivity index is 1.51. The second-order valence-corrected chi connectivity index (χ2v) is 17.4. The number of rotatable bonds is 15. The minimum absolute atomic E-state index is 0.00200. The number of benzene rings is 3. The molecule has 3 aromatic rings. The Hall–Kier alpha value is -4.91. The third-order valence-corrected chi connectivity index (χ3v) is 10.9. The van der Waals surface area contributed by atoms with Crippen LogP contribution in [0.2, 0.25) is 0 Å². The van der Waals surface area contributed by atoms with Crippen molar-refractivity contribution in [2.45, 2.75) is 105 Å². The van der Waals surface area contributed by atoms with E-state index < -0.39 is 39.3 Å². The van der Waals surface area contributed by atoms with Gasteiger partial charge >= 0.3 is 6.09 Å². The summed E-state index contributed by atoms with van der Waals surface area (Å²) in [6, 6.07) is 20.0. The lowest BCUT2D eigenvalue weighted by molar-refractivity contribution is -0.123. The molecular formula is C42H56N4O8S. The fraction of sp³-hybridized carbons (Fsp3) is 0.476. The molecule has 4 atom stereocenters. The molecule has 1 aliphatic rings. The minimum atomic E-state index is -4.16. The predicted molar refractivity (Wildman–Crippen MR) is 213 cm³/mol. The SMILES string of the molecule is CCc1cc(NC(=O)[C@H]2C[C@@H](NC(=O)OC(C)(C)C)[C@H](C)C[C@@H]2C)c(OCc2ccccc2)c(C(=O)NS(=O)(=O)CCCC(=O)NCc2ccc(C)cc2)c1. The van der Waals surface area contributed by atoms with Crippen LogP contribution in [0.4, 0.5) is 10.5 Å². The summed E-state index contributed by atoms with van der Waals surface area (Å²) in [6.07, 6.45) is 0.948. The van der Waals surface area contributed by atoms with Crippen molar-refractivity contribution in [2.24, 2.45) is 17.8 Å². The molecule has 1 aliphatic carbocycles. The van der Waals surface area contributed by atoms with E-state index in [2.05, 4.69) is 20.7 Å². The minimum Gasteiger partial charge on any atom is -0.486 e. The summed E-state index contributed by atoms with van der Waals surface area (Å²) in [5.74, 6) is -2.37. The van der Waals surface area contributed by atoms with Gasteiger partial charge in [0.2, 0.25) is 21.8 Å². The predicted octanol–water partition coefficient (Wildman–Crippen LogP) is 6.81. The van der Waals surface area contributed by atoms with Crippen molar-refractivity contribution >= 4 is 39.5 Å². The molecule has 1 fully saturated rings. The van der Waals surface area contributed by atoms with Crippen LogP contribution >= 0.6 is 0 Å². The van der Waals surface area contributed by atoms with Crippen LogP contribution in [-0.4, -0.2) is 49.6 Å². The van der Waals surface area contributed by atoms with Gasteiger partial charge in [-0.25, -0.2) is 17.9 Å². The topological polar surface area (TPSA) is 169 Å². The lowest BCUT2D eigenvalue weighted by Gasteiger charge is -2.38. The number of anilines is 1. The Kier molecular flexibility index (Phi) is 14.9. The quantitative estimate of drug-likeness (QED) is 0.131. The van der Waals surface area contributed by atoms with E-state index >= 15 is 0 Å². The third-order valence-electron chi connectivity index (χ3n) is 9.62. The first-order valence-corrected chi connectivity index (χ1v) is 20.6. The molecule has 12 nitrogen and oxygen atoms in total. The molecule has 298 valence electrons. The molecular weight excluding hydrogens is 721 g/mol. The number of aryl methyl sites for hydroxylation is 2. The van der Waals surface area contributed by atoms with E-state index in [0.717, 1.165) is 16.7 Å². The molecule has 0 saturated heterocycles. The second-order valence-electron chi connectivity index (χ2n) is 15.5. The van der Waals surface area contributed by atoms with Crippen LogP contribution in [0.5, 0.6) is 5.75 Å². The summed E-state index contributed by atoms with van der Waals surface area (Å²) in [5, 5.41) is 8.74. The largest absolute Gasteiger partial charge is 0.486 e. The molecule has 0 aliphatic heterocycles. The van der Waals surface area contributed by atoms with Gasteiger partial charge in [-0.1, -0.05) is 80.9 Å². The van der Waals surface area contributed by atoms with E-state index in [0.29, 0.717) is 31.4 Å². The van der Waals surface area contributed by atoms with E-state index in [1.165, 1.54) is 0 Å². The van der Waals surface area contributed by atoms with Crippen LogP contribution in [0.3, 0.4) is 0 Å². The third kappa shape index (κ3) is 13.4. The number of alkyl carbamates (subject to hydrolysis) is 1. The van der Waals surface area contributed by atoms with Gasteiger partial charge in [0.15, 0.2) is 5.75 Å². The maximum atomic E-state index is 14.1. The summed E-state index contributed by atoms with van der Waals surface area (Å²) in [6.45, 7) is 13.6. The zero-order chi connectivity index (χ0) is 40.3. The fourth-order valence-electron chi connectivity index (χ4n) is 6.61. The Morgan fingerprint density at radius 1 is 0.873 bits per heavy atom. The van der Waals surface area contributed by atoms with Crippen molar-refractivity contribution in [2.75, 3.05) is 11.1 Å². The van der Waals surface area contributed by atoms with Crippen molar-refractivity contribution in [3.8, 4) is 5.75 Å². The first kappa shape index (κ1) is 42.8. The molecule has 1 saturated carbocycles. The molecule has 55 heavy (non-hydrogen) atoms. The number of carbonyl (C=O) groups is 4. The molecule has 0 aromatic heterocycles. The van der Waals surface area contributed by atoms with Crippen molar-refractivity contribution in [3.63, 3.8) is 0 Å². The molecule has 0 heterocycles. The van der Waals surface area contributed by atoms with Crippen LogP contribution in [0.1, 0.15) is 99.8 Å². The highest BCUT2D eigenvalue weighted by molar-refractivity contribution is 7.90. The summed E-state index contributed by atoms with van der Waals surface area (Å²) in [7, 11) is -4.16. The summed E-state index contributed by atoms with van der Waals surface area (Å²) in [4.78, 5) is 52.9. The zero-order valence-corrected chi connectivity index (χ0v) is 33.8. The van der Waals surface area contributed by atoms with Crippen LogP contribution < -0.4 is 25.4 Å². The summed E-state index contributed by atoms with van der Waals surface area (Å²) >= 11 is 0. The zero-order valence-electron chi connectivity index (χ0n) is 33.0. The van der Waals surface area contributed by atoms with Gasteiger partial charge in [-0.15, -0.1) is 0 Å². The average Bonchev–Trinajstić information content (AvgIpc) is 3.11. The second kappa shape index (κ2) is 19.1. The number of ether oxygens (including phenoxy) is 2. The Morgan fingerprint density at radius 2 is 1.56 bits per heavy atom. The van der Waals surface area contributed by atoms with E-state index in [1.807, 2.05) is 82.3 Å². The molecule has 0 spiro atoms. The van der Waals surface area contributed by atoms with E-state index in [4.69, 9.17) is 9.47 Å². The van der Waals surface area contributed by atoms with E-state index in [9.17, 15) is 27.6 Å². The molecule has 0 bridgehead atoms. The lowest BCUT2D eigenvalue weighted by Crippen LogP contribution is -2.49. The fourth-order valence-corrected chi connectivity index (χ4v) is 7.63. The van der Waals surface area contributed by atoms with Crippen molar-refractivity contribution in [1.29, 1.82) is 0 Å². The number of nitrogens with one attached hydrogen (secondary N) is 4. The smallest absolute Gasteiger partial charge is 0.407 e. The molecule has 0 unspecified atom stereocenters. The van der Waals surface area contributed by atoms with Gasteiger partial charge in [-0.3, -0.25) is 14.4 Å². The van der Waals surface area contributed by atoms with Crippen molar-refractivity contribution < 1.29 is 37.1 Å². The van der Waals surface area contributed by atoms with E-state index in [1.54, 1.807) is 32.9 Å². The average molecular weight is 777 g/mol. The highest BCUT2D eigenvalue weighted by Gasteiger charge is 2.38. The van der Waals surface area contributed by atoms with Crippen LogP contribution in [0, 0.1) is 24.7 Å². The van der Waals surface area contributed by atoms with Crippen LogP contribution in [-0.2, 0) is 43.9 Å². The van der Waals surface area contributed by atoms with Crippen LogP contribution in [0.15, 0.2) is 66.7 Å². The van der Waals surface area contributed by atoms with E-state index in [-0.39, 0.29) is 66.1 Å². The first-order valence-electron chi connectivity index (χ1n) is 18.9. The van der Waals surface area contributed by atoms with Gasteiger partial charge in [0, 0.05) is 24.9 Å². The van der Waals surface area contributed by atoms with Crippen molar-refractivity contribution in [3.05, 3.63) is 94.5 Å². The number of amides is 4. The molecule has 13 heteroatoms. The molecule has 4 amide bonds. The van der Waals surface area contributed by atoms with Gasteiger partial charge in [0.1, 0.15) is 12.2 Å². The molecule has 4 N–H and O–H groups in total. The van der Waals surface area contributed by atoms with Gasteiger partial charge in [0.25, 0.3) is 5.91 Å². The number of sulfonamides is 1. The Morgan fingerprint density at radius 3 is 2.22 bits per heavy atom. The van der Waals surface area contributed by atoms with Gasteiger partial charge in [-0.2, -0.15) is 0 Å². The first-order chi connectivity index (χ1) is 25.9. The molecule has 4 rings (SSSR count). The van der Waals surface area contributed by atoms with Gasteiger partial charge in [-0.05, 0) is 94.0 Å². The lowest BCUT2D eigenvalue weighted by atomic mass is 9.72. The standard InChI is InChI=1S/C42H56N4O8S/c1-8-30-22-34(40(49)46-55(51,52)20-12-15-37(47)43-25-31-18-16-27(2)17-19-31)38(53-26-32-13-10-9-11-14-32)36(23-30)44-39(48)33-24-35(29(4)21-28(33)3)45-41(50)54-42(5,6)7/h9-11,13-14,16-19,22-23,28-29,33,35H,8,12,15,20-21,24-26H2,1-7H3,(H,43,47)(H,44,48)(H,45,50)(H,46,49)/t28-,29+,33-,35+/m0/s1. The molecule has 0 radical (unpaired) electrons. The van der Waals surface area contributed by atoms with Gasteiger partial charge < -0.3 is 25.4 Å². The van der Waals surface area contributed by atoms with Crippen LogP contribution in [0.25, 0.3) is 0 Å². The normalized spacial score (nSPS) is 18.5. The maximum Gasteiger partial charge on any atom is 0.407 e. The summed E-state index contributed by atoms with van der Waals surface area (Å²) in [5.41, 5.74) is 3.00. The maximum absolute atomic E-state index is 14.1.